The summed E-state index contributed by atoms with van der Waals surface area (Å²) in [4.78, 5) is 0. The van der Waals surface area contributed by atoms with Crippen molar-refractivity contribution in [3.05, 3.63) is 28.2 Å². The second kappa shape index (κ2) is 5.31. The predicted molar refractivity (Wildman–Crippen MR) is 66.1 cm³/mol. The fourth-order valence-corrected chi connectivity index (χ4v) is 2.46. The molecule has 1 fully saturated rings. The molecule has 1 aromatic rings. The van der Waals surface area contributed by atoms with Crippen molar-refractivity contribution in [3.8, 4) is 0 Å². The molecule has 94 valence electrons. The molecule has 0 saturated heterocycles. The number of benzene rings is 1. The summed E-state index contributed by atoms with van der Waals surface area (Å²) >= 11 is 3.15. The highest BCUT2D eigenvalue weighted by atomic mass is 79.9. The normalized spacial score (nSPS) is 23.3. The van der Waals surface area contributed by atoms with Gasteiger partial charge < -0.3 is 10.1 Å². The summed E-state index contributed by atoms with van der Waals surface area (Å²) in [5.74, 6) is -1.16. The van der Waals surface area contributed by atoms with Crippen LogP contribution in [0.3, 0.4) is 0 Å². The van der Waals surface area contributed by atoms with Gasteiger partial charge in [-0.2, -0.15) is 0 Å². The average molecular weight is 306 g/mol. The van der Waals surface area contributed by atoms with Crippen molar-refractivity contribution < 1.29 is 13.5 Å². The van der Waals surface area contributed by atoms with E-state index in [0.29, 0.717) is 16.8 Å². The van der Waals surface area contributed by atoms with Gasteiger partial charge in [-0.05, 0) is 41.8 Å². The molecule has 0 aliphatic heterocycles. The molecule has 0 unspecified atom stereocenters. The second-order valence-corrected chi connectivity index (χ2v) is 4.99. The molecule has 0 spiro atoms. The largest absolute Gasteiger partial charge is 0.379 e. The summed E-state index contributed by atoms with van der Waals surface area (Å²) < 4.78 is 32.2. The van der Waals surface area contributed by atoms with E-state index >= 15 is 0 Å². The Hall–Kier alpha value is -0.680. The molecular weight excluding hydrogens is 292 g/mol. The fraction of sp³-hybridized carbons (Fsp3) is 0.500. The first-order chi connectivity index (χ1) is 8.10. The van der Waals surface area contributed by atoms with Crippen LogP contribution in [0.5, 0.6) is 0 Å². The number of hydrogen-bond acceptors (Lipinski definition) is 2. The molecule has 0 aromatic heterocycles. The number of nitrogens with one attached hydrogen (secondary N) is 1. The van der Waals surface area contributed by atoms with Crippen molar-refractivity contribution in [2.24, 2.45) is 0 Å². The van der Waals surface area contributed by atoms with Gasteiger partial charge in [0.05, 0.1) is 11.8 Å². The Morgan fingerprint density at radius 2 is 2.12 bits per heavy atom. The van der Waals surface area contributed by atoms with Crippen LogP contribution in [-0.4, -0.2) is 18.8 Å². The highest BCUT2D eigenvalue weighted by Gasteiger charge is 2.30. The van der Waals surface area contributed by atoms with Gasteiger partial charge in [0.15, 0.2) is 0 Å². The lowest BCUT2D eigenvalue weighted by atomic mass is 9.89. The van der Waals surface area contributed by atoms with Gasteiger partial charge in [-0.3, -0.25) is 0 Å². The first kappa shape index (κ1) is 12.8. The number of halogens is 3. The molecule has 2 nitrogen and oxygen atoms in total. The zero-order valence-corrected chi connectivity index (χ0v) is 11.1. The molecular formula is C12H14BrF2NO. The van der Waals surface area contributed by atoms with Crippen LogP contribution >= 0.6 is 15.9 Å². The van der Waals surface area contributed by atoms with Crippen molar-refractivity contribution in [3.63, 3.8) is 0 Å². The quantitative estimate of drug-likeness (QED) is 0.915. The van der Waals surface area contributed by atoms with Crippen molar-refractivity contribution >= 4 is 21.6 Å². The van der Waals surface area contributed by atoms with E-state index in [1.165, 1.54) is 6.07 Å². The number of ether oxygens (including phenoxy) is 1. The van der Waals surface area contributed by atoms with Crippen LogP contribution in [0.4, 0.5) is 14.5 Å². The smallest absolute Gasteiger partial charge is 0.150 e. The summed E-state index contributed by atoms with van der Waals surface area (Å²) in [5, 5.41) is 3.06. The third kappa shape index (κ3) is 2.96. The zero-order valence-electron chi connectivity index (χ0n) is 9.47. The highest BCUT2D eigenvalue weighted by molar-refractivity contribution is 9.10. The van der Waals surface area contributed by atoms with Crippen molar-refractivity contribution in [2.75, 3.05) is 11.9 Å². The summed E-state index contributed by atoms with van der Waals surface area (Å²) in [7, 11) is 0. The molecule has 0 radical (unpaired) electrons. The number of rotatable bonds is 4. The van der Waals surface area contributed by atoms with Gasteiger partial charge in [-0.1, -0.05) is 0 Å². The topological polar surface area (TPSA) is 21.3 Å². The summed E-state index contributed by atoms with van der Waals surface area (Å²) in [5.41, 5.74) is 0.325. The third-order valence-corrected chi connectivity index (χ3v) is 3.48. The molecule has 17 heavy (non-hydrogen) atoms. The summed E-state index contributed by atoms with van der Waals surface area (Å²) in [6.45, 7) is 2.66. The first-order valence-corrected chi connectivity index (χ1v) is 6.42. The summed E-state index contributed by atoms with van der Waals surface area (Å²) in [6, 6.07) is 2.33. The minimum atomic E-state index is -0.583. The first-order valence-electron chi connectivity index (χ1n) is 5.62. The van der Waals surface area contributed by atoms with E-state index in [1.54, 1.807) is 0 Å². The maximum absolute atomic E-state index is 13.5. The maximum Gasteiger partial charge on any atom is 0.150 e. The van der Waals surface area contributed by atoms with Crippen LogP contribution in [0, 0.1) is 11.6 Å². The zero-order chi connectivity index (χ0) is 12.4. The van der Waals surface area contributed by atoms with Gasteiger partial charge in [0.2, 0.25) is 0 Å². The second-order valence-electron chi connectivity index (χ2n) is 4.13. The minimum Gasteiger partial charge on any atom is -0.379 e. The molecule has 1 saturated carbocycles. The van der Waals surface area contributed by atoms with Gasteiger partial charge in [0.1, 0.15) is 11.6 Å². The molecule has 0 heterocycles. The Labute approximate surface area is 107 Å². The van der Waals surface area contributed by atoms with E-state index in [4.69, 9.17) is 4.74 Å². The van der Waals surface area contributed by atoms with Crippen LogP contribution in [0.15, 0.2) is 16.6 Å². The van der Waals surface area contributed by atoms with Crippen molar-refractivity contribution in [1.29, 1.82) is 0 Å². The average Bonchev–Trinajstić information content (AvgIpc) is 2.18. The van der Waals surface area contributed by atoms with E-state index in [-0.39, 0.29) is 12.1 Å². The van der Waals surface area contributed by atoms with Gasteiger partial charge in [-0.25, -0.2) is 8.78 Å². The molecule has 1 aliphatic rings. The lowest BCUT2D eigenvalue weighted by Gasteiger charge is -2.36. The van der Waals surface area contributed by atoms with E-state index < -0.39 is 11.6 Å². The molecule has 1 aromatic carbocycles. The lowest BCUT2D eigenvalue weighted by molar-refractivity contribution is 0.00291. The Bertz CT molecular complexity index is 384. The minimum absolute atomic E-state index is 0.197. The molecule has 0 atom stereocenters. The molecule has 0 amide bonds. The van der Waals surface area contributed by atoms with Crippen LogP contribution in [0.1, 0.15) is 19.8 Å². The van der Waals surface area contributed by atoms with Gasteiger partial charge in [-0.15, -0.1) is 0 Å². The van der Waals surface area contributed by atoms with Crippen molar-refractivity contribution in [2.45, 2.75) is 31.9 Å². The maximum atomic E-state index is 13.5. The predicted octanol–water partition coefficient (Wildman–Crippen LogP) is 3.71. The Morgan fingerprint density at radius 1 is 1.41 bits per heavy atom. The van der Waals surface area contributed by atoms with Gasteiger partial charge in [0.25, 0.3) is 0 Å². The van der Waals surface area contributed by atoms with Gasteiger partial charge in [0, 0.05) is 23.2 Å². The van der Waals surface area contributed by atoms with E-state index in [2.05, 4.69) is 21.2 Å². The van der Waals surface area contributed by atoms with Gasteiger partial charge >= 0.3 is 0 Å². The fourth-order valence-electron chi connectivity index (χ4n) is 1.94. The Balaban J connectivity index is 1.97. The van der Waals surface area contributed by atoms with Crippen LogP contribution in [0.2, 0.25) is 0 Å². The van der Waals surface area contributed by atoms with Crippen LogP contribution < -0.4 is 5.32 Å². The Morgan fingerprint density at radius 3 is 2.71 bits per heavy atom. The molecule has 5 heteroatoms. The molecule has 1 N–H and O–H groups in total. The van der Waals surface area contributed by atoms with Crippen LogP contribution in [0.25, 0.3) is 0 Å². The third-order valence-electron chi connectivity index (χ3n) is 2.85. The van der Waals surface area contributed by atoms with E-state index in [1.807, 2.05) is 6.92 Å². The monoisotopic (exact) mass is 305 g/mol. The van der Waals surface area contributed by atoms with Crippen molar-refractivity contribution in [1.82, 2.24) is 0 Å². The SMILES string of the molecule is CCOC1CC(Nc2c(F)cc(F)cc2Br)C1. The molecule has 2 rings (SSSR count). The van der Waals surface area contributed by atoms with E-state index in [0.717, 1.165) is 18.9 Å². The standard InChI is InChI=1S/C12H14BrF2NO/c1-2-17-9-5-8(6-9)16-12-10(13)3-7(14)4-11(12)15/h3-4,8-9,16H,2,5-6H2,1H3. The summed E-state index contributed by atoms with van der Waals surface area (Å²) in [6.07, 6.45) is 1.98. The van der Waals surface area contributed by atoms with Crippen LogP contribution in [-0.2, 0) is 4.74 Å². The highest BCUT2D eigenvalue weighted by Crippen LogP contribution is 2.32. The molecule has 0 bridgehead atoms. The molecule has 1 aliphatic carbocycles. The van der Waals surface area contributed by atoms with E-state index in [9.17, 15) is 8.78 Å². The number of hydrogen-bond donors (Lipinski definition) is 1. The lowest BCUT2D eigenvalue weighted by Crippen LogP contribution is -2.41. The Kier molecular flexibility index (Phi) is 3.99. The number of anilines is 1.